The Bertz CT molecular complexity index is 625. The summed E-state index contributed by atoms with van der Waals surface area (Å²) in [5, 5.41) is 0. The second-order valence-electron chi connectivity index (χ2n) is 5.99. The maximum atomic E-state index is 5.48. The fourth-order valence-corrected chi connectivity index (χ4v) is 3.47. The van der Waals surface area contributed by atoms with Crippen LogP contribution in [0.2, 0.25) is 0 Å². The summed E-state index contributed by atoms with van der Waals surface area (Å²) in [5.74, 6) is 0.972. The lowest BCUT2D eigenvalue weighted by molar-refractivity contribution is 0.121. The normalized spacial score (nSPS) is 16.4. The molecule has 2 aromatic carbocycles. The molecular formula is C19H23BrN2O. The van der Waals surface area contributed by atoms with Gasteiger partial charge in [0.05, 0.1) is 7.11 Å². The second-order valence-corrected chi connectivity index (χ2v) is 6.91. The van der Waals surface area contributed by atoms with Gasteiger partial charge in [0.15, 0.2) is 0 Å². The molecule has 0 saturated carbocycles. The van der Waals surface area contributed by atoms with E-state index in [9.17, 15) is 0 Å². The quantitative estimate of drug-likeness (QED) is 0.791. The van der Waals surface area contributed by atoms with Crippen LogP contribution >= 0.6 is 15.9 Å². The van der Waals surface area contributed by atoms with E-state index < -0.39 is 0 Å². The Balaban J connectivity index is 1.54. The van der Waals surface area contributed by atoms with Crippen LogP contribution in [0.5, 0.6) is 5.75 Å². The number of piperazine rings is 1. The lowest BCUT2D eigenvalue weighted by Crippen LogP contribution is -2.45. The van der Waals surface area contributed by atoms with Crippen molar-refractivity contribution in [3.05, 3.63) is 64.1 Å². The predicted molar refractivity (Wildman–Crippen MR) is 97.7 cm³/mol. The Morgan fingerprint density at radius 3 is 2.22 bits per heavy atom. The molecule has 3 nitrogen and oxygen atoms in total. The van der Waals surface area contributed by atoms with Crippen LogP contribution in [0.15, 0.2) is 53.0 Å². The Hall–Kier alpha value is -1.36. The third-order valence-corrected chi connectivity index (χ3v) is 4.84. The van der Waals surface area contributed by atoms with Crippen molar-refractivity contribution in [3.63, 3.8) is 0 Å². The number of benzene rings is 2. The molecular weight excluding hydrogens is 352 g/mol. The van der Waals surface area contributed by atoms with Gasteiger partial charge in [-0.25, -0.2) is 0 Å². The van der Waals surface area contributed by atoms with Crippen molar-refractivity contribution in [2.45, 2.75) is 13.1 Å². The average Bonchev–Trinajstić information content (AvgIpc) is 2.58. The van der Waals surface area contributed by atoms with Gasteiger partial charge in [-0.05, 0) is 23.8 Å². The molecule has 0 aliphatic carbocycles. The molecule has 0 amide bonds. The molecule has 0 spiro atoms. The highest BCUT2D eigenvalue weighted by atomic mass is 79.9. The van der Waals surface area contributed by atoms with Crippen LogP contribution < -0.4 is 4.74 Å². The second kappa shape index (κ2) is 7.95. The van der Waals surface area contributed by atoms with Crippen molar-refractivity contribution in [1.29, 1.82) is 0 Å². The van der Waals surface area contributed by atoms with Crippen LogP contribution in [-0.2, 0) is 13.1 Å². The molecule has 1 aliphatic heterocycles. The van der Waals surface area contributed by atoms with Gasteiger partial charge in [-0.1, -0.05) is 46.3 Å². The van der Waals surface area contributed by atoms with E-state index in [0.717, 1.165) is 49.5 Å². The third-order valence-electron chi connectivity index (χ3n) is 4.35. The van der Waals surface area contributed by atoms with Gasteiger partial charge in [-0.3, -0.25) is 9.80 Å². The smallest absolute Gasteiger partial charge is 0.123 e. The summed E-state index contributed by atoms with van der Waals surface area (Å²) in [6.07, 6.45) is 0. The fourth-order valence-electron chi connectivity index (χ4n) is 3.06. The van der Waals surface area contributed by atoms with Crippen molar-refractivity contribution in [2.24, 2.45) is 0 Å². The largest absolute Gasteiger partial charge is 0.496 e. The minimum Gasteiger partial charge on any atom is -0.496 e. The number of halogens is 1. The molecule has 0 radical (unpaired) electrons. The lowest BCUT2D eigenvalue weighted by Gasteiger charge is -2.35. The van der Waals surface area contributed by atoms with Gasteiger partial charge in [0.2, 0.25) is 0 Å². The fraction of sp³-hybridized carbons (Fsp3) is 0.368. The first-order valence-corrected chi connectivity index (χ1v) is 8.85. The zero-order chi connectivity index (χ0) is 16.1. The molecule has 2 aromatic rings. The van der Waals surface area contributed by atoms with Gasteiger partial charge < -0.3 is 4.74 Å². The van der Waals surface area contributed by atoms with E-state index in [-0.39, 0.29) is 0 Å². The summed E-state index contributed by atoms with van der Waals surface area (Å²) in [7, 11) is 1.74. The Labute approximate surface area is 147 Å². The minimum absolute atomic E-state index is 0.946. The first-order valence-electron chi connectivity index (χ1n) is 8.05. The van der Waals surface area contributed by atoms with Crippen molar-refractivity contribution in [3.8, 4) is 5.75 Å². The molecule has 122 valence electrons. The van der Waals surface area contributed by atoms with Gasteiger partial charge in [0.1, 0.15) is 5.75 Å². The Morgan fingerprint density at radius 2 is 1.57 bits per heavy atom. The summed E-state index contributed by atoms with van der Waals surface area (Å²) in [4.78, 5) is 5.04. The van der Waals surface area contributed by atoms with Gasteiger partial charge in [0, 0.05) is 49.3 Å². The highest BCUT2D eigenvalue weighted by molar-refractivity contribution is 9.10. The number of nitrogens with zero attached hydrogens (tertiary/aromatic N) is 2. The van der Waals surface area contributed by atoms with Gasteiger partial charge >= 0.3 is 0 Å². The molecule has 4 heteroatoms. The van der Waals surface area contributed by atoms with Gasteiger partial charge in [-0.15, -0.1) is 0 Å². The van der Waals surface area contributed by atoms with Crippen LogP contribution in [0.1, 0.15) is 11.1 Å². The molecule has 1 saturated heterocycles. The van der Waals surface area contributed by atoms with Crippen molar-refractivity contribution >= 4 is 15.9 Å². The van der Waals surface area contributed by atoms with Crippen molar-refractivity contribution < 1.29 is 4.74 Å². The SMILES string of the molecule is COc1ccc(Br)cc1CN1CCN(Cc2ccccc2)CC1. The van der Waals surface area contributed by atoms with Crippen LogP contribution in [0.25, 0.3) is 0 Å². The summed E-state index contributed by atoms with van der Waals surface area (Å²) >= 11 is 3.55. The Kier molecular flexibility index (Phi) is 5.70. The molecule has 0 aromatic heterocycles. The standard InChI is InChI=1S/C19H23BrN2O/c1-23-19-8-7-18(20)13-17(19)15-22-11-9-21(10-12-22)14-16-5-3-2-4-6-16/h2-8,13H,9-12,14-15H2,1H3. The molecule has 0 bridgehead atoms. The van der Waals surface area contributed by atoms with Crippen LogP contribution in [0.4, 0.5) is 0 Å². The highest BCUT2D eigenvalue weighted by Gasteiger charge is 2.18. The predicted octanol–water partition coefficient (Wildman–Crippen LogP) is 3.78. The van der Waals surface area contributed by atoms with E-state index in [4.69, 9.17) is 4.74 Å². The average molecular weight is 375 g/mol. The molecule has 1 aliphatic rings. The Morgan fingerprint density at radius 1 is 0.913 bits per heavy atom. The maximum absolute atomic E-state index is 5.48. The third kappa shape index (κ3) is 4.56. The molecule has 23 heavy (non-hydrogen) atoms. The number of ether oxygens (including phenoxy) is 1. The van der Waals surface area contributed by atoms with E-state index in [2.05, 4.69) is 62.1 Å². The topological polar surface area (TPSA) is 15.7 Å². The summed E-state index contributed by atoms with van der Waals surface area (Å²) in [5.41, 5.74) is 2.65. The summed E-state index contributed by atoms with van der Waals surface area (Å²) < 4.78 is 6.59. The molecule has 3 rings (SSSR count). The van der Waals surface area contributed by atoms with Gasteiger partial charge in [-0.2, -0.15) is 0 Å². The van der Waals surface area contributed by atoms with Gasteiger partial charge in [0.25, 0.3) is 0 Å². The molecule has 0 atom stereocenters. The van der Waals surface area contributed by atoms with Crippen LogP contribution in [0.3, 0.4) is 0 Å². The molecule has 0 unspecified atom stereocenters. The zero-order valence-corrected chi connectivity index (χ0v) is 15.1. The number of methoxy groups -OCH3 is 1. The highest BCUT2D eigenvalue weighted by Crippen LogP contribution is 2.24. The van der Waals surface area contributed by atoms with Crippen molar-refractivity contribution in [1.82, 2.24) is 9.80 Å². The number of rotatable bonds is 5. The first-order chi connectivity index (χ1) is 11.2. The van der Waals surface area contributed by atoms with E-state index in [1.165, 1.54) is 11.1 Å². The zero-order valence-electron chi connectivity index (χ0n) is 13.5. The lowest BCUT2D eigenvalue weighted by atomic mass is 10.1. The molecule has 1 heterocycles. The number of hydrogen-bond acceptors (Lipinski definition) is 3. The first kappa shape index (κ1) is 16.5. The summed E-state index contributed by atoms with van der Waals surface area (Å²) in [6, 6.07) is 16.9. The maximum Gasteiger partial charge on any atom is 0.123 e. The monoisotopic (exact) mass is 374 g/mol. The van der Waals surface area contributed by atoms with E-state index in [0.29, 0.717) is 0 Å². The van der Waals surface area contributed by atoms with E-state index in [1.54, 1.807) is 7.11 Å². The minimum atomic E-state index is 0.946. The van der Waals surface area contributed by atoms with E-state index in [1.807, 2.05) is 12.1 Å². The summed E-state index contributed by atoms with van der Waals surface area (Å²) in [6.45, 7) is 6.43. The van der Waals surface area contributed by atoms with E-state index >= 15 is 0 Å². The molecule has 1 fully saturated rings. The van der Waals surface area contributed by atoms with Crippen LogP contribution in [-0.4, -0.2) is 43.1 Å². The molecule has 0 N–H and O–H groups in total. The number of hydrogen-bond donors (Lipinski definition) is 0. The van der Waals surface area contributed by atoms with Crippen LogP contribution in [0, 0.1) is 0 Å². The van der Waals surface area contributed by atoms with Crippen molar-refractivity contribution in [2.75, 3.05) is 33.3 Å².